The normalized spacial score (nSPS) is 14.3. The summed E-state index contributed by atoms with van der Waals surface area (Å²) in [6, 6.07) is 6.24. The number of aromatic carboxylic acids is 1. The number of ether oxygens (including phenoxy) is 1. The van der Waals surface area contributed by atoms with Gasteiger partial charge in [-0.25, -0.2) is 4.79 Å². The SMILES string of the molecule is O=C(Nc1ccccc1C(=O)O)C1=CSCCO1. The van der Waals surface area contributed by atoms with Crippen molar-refractivity contribution in [1.29, 1.82) is 0 Å². The van der Waals surface area contributed by atoms with Crippen LogP contribution < -0.4 is 5.32 Å². The first-order chi connectivity index (χ1) is 8.68. The molecule has 5 nitrogen and oxygen atoms in total. The molecule has 1 aliphatic heterocycles. The molecule has 0 saturated carbocycles. The predicted octanol–water partition coefficient (Wildman–Crippen LogP) is 1.93. The molecule has 0 fully saturated rings. The van der Waals surface area contributed by atoms with Crippen molar-refractivity contribution in [2.45, 2.75) is 0 Å². The highest BCUT2D eigenvalue weighted by atomic mass is 32.2. The van der Waals surface area contributed by atoms with E-state index < -0.39 is 11.9 Å². The minimum Gasteiger partial charge on any atom is -0.487 e. The van der Waals surface area contributed by atoms with E-state index in [9.17, 15) is 9.59 Å². The van der Waals surface area contributed by atoms with Gasteiger partial charge in [-0.1, -0.05) is 12.1 Å². The summed E-state index contributed by atoms with van der Waals surface area (Å²) in [4.78, 5) is 22.8. The monoisotopic (exact) mass is 265 g/mol. The molecule has 94 valence electrons. The van der Waals surface area contributed by atoms with Crippen LogP contribution in [0.25, 0.3) is 0 Å². The molecule has 0 atom stereocenters. The summed E-state index contributed by atoms with van der Waals surface area (Å²) in [5.74, 6) is -0.496. The summed E-state index contributed by atoms with van der Waals surface area (Å²) in [7, 11) is 0. The lowest BCUT2D eigenvalue weighted by atomic mass is 10.2. The van der Waals surface area contributed by atoms with Crippen LogP contribution in [0.5, 0.6) is 0 Å². The van der Waals surface area contributed by atoms with E-state index in [4.69, 9.17) is 9.84 Å². The second-order valence-corrected chi connectivity index (χ2v) is 4.48. The van der Waals surface area contributed by atoms with Crippen molar-refractivity contribution in [3.05, 3.63) is 41.0 Å². The molecule has 1 aromatic carbocycles. The number of benzene rings is 1. The third-order valence-electron chi connectivity index (χ3n) is 2.28. The van der Waals surface area contributed by atoms with Crippen LogP contribution >= 0.6 is 11.8 Å². The number of hydrogen-bond acceptors (Lipinski definition) is 4. The zero-order chi connectivity index (χ0) is 13.0. The zero-order valence-electron chi connectivity index (χ0n) is 9.38. The number of carbonyl (C=O) groups excluding carboxylic acids is 1. The van der Waals surface area contributed by atoms with Crippen LogP contribution in [0, 0.1) is 0 Å². The van der Waals surface area contributed by atoms with Gasteiger partial charge in [0, 0.05) is 11.2 Å². The Kier molecular flexibility index (Phi) is 3.88. The number of nitrogens with one attached hydrogen (secondary N) is 1. The molecule has 6 heteroatoms. The number of hydrogen-bond donors (Lipinski definition) is 2. The largest absolute Gasteiger partial charge is 0.487 e. The number of rotatable bonds is 3. The van der Waals surface area contributed by atoms with Gasteiger partial charge in [0.25, 0.3) is 5.91 Å². The van der Waals surface area contributed by atoms with Crippen LogP contribution in [0.2, 0.25) is 0 Å². The van der Waals surface area contributed by atoms with Crippen LogP contribution in [0.15, 0.2) is 35.4 Å². The van der Waals surface area contributed by atoms with E-state index >= 15 is 0 Å². The Morgan fingerprint density at radius 2 is 2.11 bits per heavy atom. The number of anilines is 1. The van der Waals surface area contributed by atoms with E-state index in [-0.39, 0.29) is 17.0 Å². The molecule has 0 bridgehead atoms. The Balaban J connectivity index is 2.16. The molecule has 0 spiro atoms. The number of carboxylic acid groups (broad SMARTS) is 1. The first-order valence-corrected chi connectivity index (χ1v) is 6.31. The van der Waals surface area contributed by atoms with Crippen molar-refractivity contribution in [3.63, 3.8) is 0 Å². The van der Waals surface area contributed by atoms with E-state index in [0.717, 1.165) is 5.75 Å². The highest BCUT2D eigenvalue weighted by molar-refractivity contribution is 8.02. The Morgan fingerprint density at radius 1 is 1.33 bits per heavy atom. The summed E-state index contributed by atoms with van der Waals surface area (Å²) >= 11 is 1.49. The first-order valence-electron chi connectivity index (χ1n) is 5.27. The van der Waals surface area contributed by atoms with Crippen molar-refractivity contribution < 1.29 is 19.4 Å². The highest BCUT2D eigenvalue weighted by Crippen LogP contribution is 2.19. The molecule has 0 radical (unpaired) electrons. The summed E-state index contributed by atoms with van der Waals surface area (Å²) in [6.45, 7) is 0.477. The minimum atomic E-state index is -1.08. The van der Waals surface area contributed by atoms with Crippen molar-refractivity contribution in [3.8, 4) is 0 Å². The first kappa shape index (κ1) is 12.5. The lowest BCUT2D eigenvalue weighted by molar-refractivity contribution is -0.116. The van der Waals surface area contributed by atoms with Crippen molar-refractivity contribution in [1.82, 2.24) is 0 Å². The fraction of sp³-hybridized carbons (Fsp3) is 0.167. The zero-order valence-corrected chi connectivity index (χ0v) is 10.2. The summed E-state index contributed by atoms with van der Waals surface area (Å²) < 4.78 is 5.19. The minimum absolute atomic E-state index is 0.0508. The molecule has 1 amide bonds. The van der Waals surface area contributed by atoms with Gasteiger partial charge in [-0.2, -0.15) is 0 Å². The number of thioether (sulfide) groups is 1. The van der Waals surface area contributed by atoms with Gasteiger partial charge in [-0.3, -0.25) is 4.79 Å². The standard InChI is InChI=1S/C12H11NO4S/c14-11(10-7-18-6-5-17-10)13-9-4-2-1-3-8(9)12(15)16/h1-4,7H,5-6H2,(H,13,14)(H,15,16). The van der Waals surface area contributed by atoms with Gasteiger partial charge < -0.3 is 15.2 Å². The smallest absolute Gasteiger partial charge is 0.337 e. The highest BCUT2D eigenvalue weighted by Gasteiger charge is 2.17. The molecule has 0 saturated heterocycles. The molecule has 2 rings (SSSR count). The maximum atomic E-state index is 11.8. The topological polar surface area (TPSA) is 75.6 Å². The second kappa shape index (κ2) is 5.59. The molecule has 0 unspecified atom stereocenters. The fourth-order valence-corrected chi connectivity index (χ4v) is 2.07. The molecule has 1 heterocycles. The van der Waals surface area contributed by atoms with Crippen LogP contribution in [-0.2, 0) is 9.53 Å². The van der Waals surface area contributed by atoms with Crippen LogP contribution in [0.3, 0.4) is 0 Å². The third-order valence-corrected chi connectivity index (χ3v) is 3.06. The fourth-order valence-electron chi connectivity index (χ4n) is 1.45. The van der Waals surface area contributed by atoms with Gasteiger partial charge >= 0.3 is 5.97 Å². The number of carboxylic acids is 1. The quantitative estimate of drug-likeness (QED) is 0.873. The number of para-hydroxylation sites is 1. The summed E-state index contributed by atoms with van der Waals surface area (Å²) in [5, 5.41) is 13.1. The third kappa shape index (κ3) is 2.84. The van der Waals surface area contributed by atoms with Gasteiger partial charge in [-0.15, -0.1) is 11.8 Å². The van der Waals surface area contributed by atoms with Crippen molar-refractivity contribution >= 4 is 29.3 Å². The Bertz CT molecular complexity index is 513. The maximum absolute atomic E-state index is 11.8. The molecule has 0 aromatic heterocycles. The van der Waals surface area contributed by atoms with Crippen LogP contribution in [0.1, 0.15) is 10.4 Å². The number of carbonyl (C=O) groups is 2. The molecule has 2 N–H and O–H groups in total. The van der Waals surface area contributed by atoms with E-state index in [2.05, 4.69) is 5.32 Å². The maximum Gasteiger partial charge on any atom is 0.337 e. The second-order valence-electron chi connectivity index (χ2n) is 3.51. The summed E-state index contributed by atoms with van der Waals surface area (Å²) in [5.41, 5.74) is 0.310. The van der Waals surface area contributed by atoms with Gasteiger partial charge in [0.1, 0.15) is 0 Å². The molecule has 1 aliphatic rings. The van der Waals surface area contributed by atoms with Gasteiger partial charge in [0.2, 0.25) is 0 Å². The summed E-state index contributed by atoms with van der Waals surface area (Å²) in [6.07, 6.45) is 0. The molecule has 1 aromatic rings. The van der Waals surface area contributed by atoms with E-state index in [0.29, 0.717) is 6.61 Å². The van der Waals surface area contributed by atoms with Crippen molar-refractivity contribution in [2.75, 3.05) is 17.7 Å². The Hall–Kier alpha value is -1.95. The van der Waals surface area contributed by atoms with Crippen LogP contribution in [-0.4, -0.2) is 29.3 Å². The van der Waals surface area contributed by atoms with Crippen LogP contribution in [0.4, 0.5) is 5.69 Å². The molecule has 0 aliphatic carbocycles. The van der Waals surface area contributed by atoms with E-state index in [1.165, 1.54) is 23.9 Å². The predicted molar refractivity (Wildman–Crippen MR) is 68.5 cm³/mol. The van der Waals surface area contributed by atoms with Gasteiger partial charge in [0.05, 0.1) is 17.9 Å². The van der Waals surface area contributed by atoms with Gasteiger partial charge in [0.15, 0.2) is 5.76 Å². The lowest BCUT2D eigenvalue weighted by Crippen LogP contribution is -2.20. The average molecular weight is 265 g/mol. The van der Waals surface area contributed by atoms with Crippen molar-refractivity contribution in [2.24, 2.45) is 0 Å². The molecular formula is C12H11NO4S. The van der Waals surface area contributed by atoms with Gasteiger partial charge in [-0.05, 0) is 12.1 Å². The van der Waals surface area contributed by atoms with E-state index in [1.807, 2.05) is 0 Å². The number of amides is 1. The molecule has 18 heavy (non-hydrogen) atoms. The Morgan fingerprint density at radius 3 is 2.78 bits per heavy atom. The lowest BCUT2D eigenvalue weighted by Gasteiger charge is -2.14. The average Bonchev–Trinajstić information content (AvgIpc) is 2.40. The van der Waals surface area contributed by atoms with E-state index in [1.54, 1.807) is 17.5 Å². The molecular weight excluding hydrogens is 254 g/mol. The Labute approximate surface area is 108 Å².